The van der Waals surface area contributed by atoms with Crippen LogP contribution in [0.1, 0.15) is 62.7 Å². The highest BCUT2D eigenvalue weighted by Gasteiger charge is 2.47. The van der Waals surface area contributed by atoms with Gasteiger partial charge in [-0.2, -0.15) is 0 Å². The van der Waals surface area contributed by atoms with Gasteiger partial charge in [-0.15, -0.1) is 0 Å². The quantitative estimate of drug-likeness (QED) is 0.518. The largest absolute Gasteiger partial charge is 0.466 e. The van der Waals surface area contributed by atoms with E-state index in [2.05, 4.69) is 91.5 Å². The van der Waals surface area contributed by atoms with Crippen LogP contribution in [-0.4, -0.2) is 42.6 Å². The number of likely N-dealkylation sites (N-methyl/N-ethyl adjacent to an activating group) is 2. The predicted octanol–water partition coefficient (Wildman–Crippen LogP) is 5.43. The minimum Gasteiger partial charge on any atom is -0.466 e. The second-order valence-corrected chi connectivity index (χ2v) is 8.37. The van der Waals surface area contributed by atoms with Gasteiger partial charge in [-0.25, -0.2) is 0 Å². The summed E-state index contributed by atoms with van der Waals surface area (Å²) >= 11 is 0. The van der Waals surface area contributed by atoms with E-state index >= 15 is 0 Å². The van der Waals surface area contributed by atoms with Crippen LogP contribution in [0.2, 0.25) is 0 Å². The van der Waals surface area contributed by atoms with Gasteiger partial charge in [0.15, 0.2) is 0 Å². The second-order valence-electron chi connectivity index (χ2n) is 8.37. The van der Waals surface area contributed by atoms with Crippen molar-refractivity contribution in [2.45, 2.75) is 57.8 Å². The zero-order valence-electron chi connectivity index (χ0n) is 18.8. The maximum atomic E-state index is 12.4. The molecule has 1 aliphatic heterocycles. The normalized spacial score (nSPS) is 21.6. The lowest BCUT2D eigenvalue weighted by Gasteiger charge is -2.34. The first-order valence-corrected chi connectivity index (χ1v) is 11.3. The number of ether oxygens (including phenoxy) is 1. The molecule has 1 heterocycles. The third-order valence-electron chi connectivity index (χ3n) is 6.38. The first-order chi connectivity index (χ1) is 14.6. The van der Waals surface area contributed by atoms with E-state index in [1.807, 2.05) is 6.92 Å². The van der Waals surface area contributed by atoms with Gasteiger partial charge >= 0.3 is 5.97 Å². The fourth-order valence-corrected chi connectivity index (χ4v) is 5.12. The van der Waals surface area contributed by atoms with E-state index in [0.29, 0.717) is 13.0 Å². The van der Waals surface area contributed by atoms with Gasteiger partial charge in [-0.1, -0.05) is 80.4 Å². The minimum atomic E-state index is -0.0835. The molecule has 162 valence electrons. The number of unbranched alkanes of at least 4 members (excludes halogenated alkanes) is 1. The average molecular weight is 409 g/mol. The van der Waals surface area contributed by atoms with Crippen LogP contribution >= 0.6 is 0 Å². The molecule has 0 spiro atoms. The molecule has 3 rings (SSSR count). The molecule has 4 heteroatoms. The molecular formula is C26H36N2O2. The number of hydrogen-bond acceptors (Lipinski definition) is 4. The fourth-order valence-electron chi connectivity index (χ4n) is 5.12. The van der Waals surface area contributed by atoms with Gasteiger partial charge in [0.1, 0.15) is 0 Å². The molecule has 0 radical (unpaired) electrons. The lowest BCUT2D eigenvalue weighted by Crippen LogP contribution is -2.42. The Kier molecular flexibility index (Phi) is 8.06. The standard InChI is InChI=1S/C26H36N2O2/c1-5-7-14-22(19-23(29)30-6-2)26-27(3)24(20-15-10-8-11-16-20)25(28(26)4)21-17-12-9-13-18-21/h8-13,15-18,22,24-26H,5-7,14,19H2,1-4H3/t22-,24+,25+/m0/s1. The SMILES string of the molecule is CCCC[C@@H](CC(=O)OCC)C1N(C)[C@H](c2ccccc2)[C@@H](c2ccccc2)N1C. The number of nitrogens with zero attached hydrogens (tertiary/aromatic N) is 2. The van der Waals surface area contributed by atoms with Crippen molar-refractivity contribution in [3.8, 4) is 0 Å². The van der Waals surface area contributed by atoms with Crippen molar-refractivity contribution in [2.75, 3.05) is 20.7 Å². The Labute approximate surface area is 181 Å². The van der Waals surface area contributed by atoms with Gasteiger partial charge in [0.25, 0.3) is 0 Å². The lowest BCUT2D eigenvalue weighted by molar-refractivity contribution is -0.145. The number of carbonyl (C=O) groups is 1. The Morgan fingerprint density at radius 3 is 1.83 bits per heavy atom. The molecule has 4 nitrogen and oxygen atoms in total. The summed E-state index contributed by atoms with van der Waals surface area (Å²) < 4.78 is 5.33. The molecule has 30 heavy (non-hydrogen) atoms. The van der Waals surface area contributed by atoms with E-state index in [0.717, 1.165) is 19.3 Å². The first-order valence-electron chi connectivity index (χ1n) is 11.3. The van der Waals surface area contributed by atoms with Gasteiger partial charge in [0.2, 0.25) is 0 Å². The lowest BCUT2D eigenvalue weighted by atomic mass is 9.93. The molecule has 1 aliphatic rings. The maximum Gasteiger partial charge on any atom is 0.306 e. The molecule has 0 aromatic heterocycles. The molecule has 0 bridgehead atoms. The Bertz CT molecular complexity index is 729. The number of carbonyl (C=O) groups excluding carboxylic acids is 1. The van der Waals surface area contributed by atoms with Gasteiger partial charge in [0, 0.05) is 0 Å². The summed E-state index contributed by atoms with van der Waals surface area (Å²) in [4.78, 5) is 17.4. The monoisotopic (exact) mass is 408 g/mol. The van der Waals surface area contributed by atoms with Crippen LogP contribution in [0.4, 0.5) is 0 Å². The molecule has 2 aromatic carbocycles. The first kappa shape index (κ1) is 22.5. The van der Waals surface area contributed by atoms with Crippen LogP contribution in [-0.2, 0) is 9.53 Å². The molecule has 3 atom stereocenters. The summed E-state index contributed by atoms with van der Waals surface area (Å²) in [7, 11) is 4.43. The van der Waals surface area contributed by atoms with E-state index < -0.39 is 0 Å². The van der Waals surface area contributed by atoms with E-state index in [1.165, 1.54) is 11.1 Å². The molecule has 2 aromatic rings. The Balaban J connectivity index is 1.98. The highest BCUT2D eigenvalue weighted by molar-refractivity contribution is 5.69. The van der Waals surface area contributed by atoms with Crippen LogP contribution < -0.4 is 0 Å². The van der Waals surface area contributed by atoms with Gasteiger partial charge in [0.05, 0.1) is 31.3 Å². The van der Waals surface area contributed by atoms with E-state index in [4.69, 9.17) is 4.74 Å². The molecule has 1 saturated heterocycles. The molecule has 0 N–H and O–H groups in total. The average Bonchev–Trinajstić information content (AvgIpc) is 3.02. The number of benzene rings is 2. The van der Waals surface area contributed by atoms with Crippen molar-refractivity contribution in [1.82, 2.24) is 9.80 Å². The van der Waals surface area contributed by atoms with Crippen LogP contribution in [0.5, 0.6) is 0 Å². The molecule has 0 unspecified atom stereocenters. The van der Waals surface area contributed by atoms with Crippen LogP contribution in [0.3, 0.4) is 0 Å². The van der Waals surface area contributed by atoms with E-state index in [-0.39, 0.29) is 30.1 Å². The highest BCUT2D eigenvalue weighted by atomic mass is 16.5. The molecule has 1 fully saturated rings. The van der Waals surface area contributed by atoms with E-state index in [9.17, 15) is 4.79 Å². The third kappa shape index (κ3) is 4.93. The highest BCUT2D eigenvalue weighted by Crippen LogP contribution is 2.48. The smallest absolute Gasteiger partial charge is 0.306 e. The van der Waals surface area contributed by atoms with Gasteiger partial charge in [-0.05, 0) is 44.5 Å². The Morgan fingerprint density at radius 2 is 1.40 bits per heavy atom. The van der Waals surface area contributed by atoms with Gasteiger partial charge in [-0.3, -0.25) is 14.6 Å². The van der Waals surface area contributed by atoms with Crippen molar-refractivity contribution in [2.24, 2.45) is 5.92 Å². The molecule has 0 aliphatic carbocycles. The zero-order chi connectivity index (χ0) is 21.5. The van der Waals surface area contributed by atoms with Crippen molar-refractivity contribution >= 4 is 5.97 Å². The van der Waals surface area contributed by atoms with Crippen molar-refractivity contribution < 1.29 is 9.53 Å². The van der Waals surface area contributed by atoms with Crippen molar-refractivity contribution in [1.29, 1.82) is 0 Å². The third-order valence-corrected chi connectivity index (χ3v) is 6.38. The zero-order valence-corrected chi connectivity index (χ0v) is 18.8. The van der Waals surface area contributed by atoms with Crippen LogP contribution in [0.25, 0.3) is 0 Å². The summed E-state index contributed by atoms with van der Waals surface area (Å²) in [5.41, 5.74) is 2.63. The van der Waals surface area contributed by atoms with Gasteiger partial charge < -0.3 is 4.74 Å². The number of hydrogen-bond donors (Lipinski definition) is 0. The van der Waals surface area contributed by atoms with Crippen molar-refractivity contribution in [3.63, 3.8) is 0 Å². The summed E-state index contributed by atoms with van der Waals surface area (Å²) in [5.74, 6) is 0.152. The summed E-state index contributed by atoms with van der Waals surface area (Å²) in [6.45, 7) is 4.53. The predicted molar refractivity (Wildman–Crippen MR) is 122 cm³/mol. The van der Waals surface area contributed by atoms with Crippen molar-refractivity contribution in [3.05, 3.63) is 71.8 Å². The molecule has 0 amide bonds. The number of esters is 1. The van der Waals surface area contributed by atoms with Crippen LogP contribution in [0, 0.1) is 5.92 Å². The Morgan fingerprint density at radius 1 is 0.900 bits per heavy atom. The Hall–Kier alpha value is -2.17. The molecule has 0 saturated carbocycles. The number of rotatable bonds is 9. The topological polar surface area (TPSA) is 32.8 Å². The molecular weight excluding hydrogens is 372 g/mol. The summed E-state index contributed by atoms with van der Waals surface area (Å²) in [5, 5.41) is 0. The minimum absolute atomic E-state index is 0.0835. The summed E-state index contributed by atoms with van der Waals surface area (Å²) in [6, 6.07) is 22.0. The maximum absolute atomic E-state index is 12.4. The van der Waals surface area contributed by atoms with Crippen LogP contribution in [0.15, 0.2) is 60.7 Å². The second kappa shape index (κ2) is 10.7. The fraction of sp³-hybridized carbons (Fsp3) is 0.500. The summed E-state index contributed by atoms with van der Waals surface area (Å²) in [6.07, 6.45) is 3.92. The van der Waals surface area contributed by atoms with E-state index in [1.54, 1.807) is 0 Å².